The van der Waals surface area contributed by atoms with Crippen LogP contribution in [0.4, 0.5) is 26.3 Å². The first kappa shape index (κ1) is 28.5. The van der Waals surface area contributed by atoms with Crippen LogP contribution in [0.5, 0.6) is 0 Å². The van der Waals surface area contributed by atoms with Gasteiger partial charge in [-0.25, -0.2) is 9.78 Å². The lowest BCUT2D eigenvalue weighted by atomic mass is 9.86. The summed E-state index contributed by atoms with van der Waals surface area (Å²) in [6.45, 7) is 2.66. The minimum absolute atomic E-state index is 0.163. The number of benzene rings is 1. The normalized spacial score (nSPS) is 19.6. The van der Waals surface area contributed by atoms with Crippen molar-refractivity contribution in [2.24, 2.45) is 11.8 Å². The van der Waals surface area contributed by atoms with E-state index < -0.39 is 71.8 Å². The van der Waals surface area contributed by atoms with Crippen LogP contribution in [0.25, 0.3) is 11.5 Å². The van der Waals surface area contributed by atoms with Gasteiger partial charge in [0.1, 0.15) is 11.7 Å². The lowest BCUT2D eigenvalue weighted by Crippen LogP contribution is -2.47. The van der Waals surface area contributed by atoms with Crippen LogP contribution in [-0.4, -0.2) is 34.1 Å². The lowest BCUT2D eigenvalue weighted by Gasteiger charge is -2.29. The molecule has 0 aliphatic heterocycles. The van der Waals surface area contributed by atoms with Gasteiger partial charge < -0.3 is 19.6 Å². The number of nitrogens with zero attached hydrogens (tertiary/aromatic N) is 1. The Balaban J connectivity index is 1.73. The molecule has 1 aromatic carbocycles. The van der Waals surface area contributed by atoms with Gasteiger partial charge in [0.25, 0.3) is 0 Å². The Labute approximate surface area is 208 Å². The van der Waals surface area contributed by atoms with E-state index in [1.165, 1.54) is 0 Å². The van der Waals surface area contributed by atoms with E-state index in [9.17, 15) is 41.0 Å². The first-order chi connectivity index (χ1) is 17.2. The second-order valence-corrected chi connectivity index (χ2v) is 9.24. The van der Waals surface area contributed by atoms with Crippen LogP contribution >= 0.6 is 0 Å². The van der Waals surface area contributed by atoms with E-state index in [1.807, 2.05) is 0 Å². The molecule has 0 saturated heterocycles. The Hall–Kier alpha value is -3.09. The number of carbonyl (C=O) groups is 2. The summed E-state index contributed by atoms with van der Waals surface area (Å²) in [5, 5.41) is 11.8. The first-order valence-corrected chi connectivity index (χ1v) is 11.6. The molecule has 1 amide bonds. The fraction of sp³-hybridized carbons (Fsp3) is 0.542. The Morgan fingerprint density at radius 1 is 1.16 bits per heavy atom. The number of carbonyl (C=O) groups excluding carboxylic acids is 1. The molecule has 1 heterocycles. The third-order valence-corrected chi connectivity index (χ3v) is 6.07. The number of hydrogen-bond donors (Lipinski definition) is 2. The second kappa shape index (κ2) is 11.1. The average Bonchev–Trinajstić information content (AvgIpc) is 3.25. The van der Waals surface area contributed by atoms with Gasteiger partial charge in [0.15, 0.2) is 0 Å². The fourth-order valence-corrected chi connectivity index (χ4v) is 4.14. The number of ether oxygens (including phenoxy) is 1. The van der Waals surface area contributed by atoms with Crippen molar-refractivity contribution in [2.75, 3.05) is 0 Å². The molecule has 2 aromatic rings. The van der Waals surface area contributed by atoms with Crippen LogP contribution in [-0.2, 0) is 33.3 Å². The number of halogens is 6. The van der Waals surface area contributed by atoms with E-state index >= 15 is 0 Å². The molecule has 0 radical (unpaired) electrons. The second-order valence-electron chi connectivity index (χ2n) is 9.24. The summed E-state index contributed by atoms with van der Waals surface area (Å²) in [5.41, 5.74) is -1.97. The fourth-order valence-electron chi connectivity index (χ4n) is 4.14. The standard InChI is InChI=1S/C24H26F6N2O5/c1-12(2)18(22(34)35)32-20(33)13-5-4-8-16(10-13)36-11-17-19(24(28,29)30)37-21(31-17)14-6-3-7-15(9-14)23(25,26)27/h3,6-7,9,12-13,16,18H,4-5,8,10-11H2,1-2H3,(H,32,33)(H,34,35)/t13-,16+,18-/m0/s1. The quantitative estimate of drug-likeness (QED) is 0.421. The van der Waals surface area contributed by atoms with Crippen LogP contribution in [0, 0.1) is 11.8 Å². The summed E-state index contributed by atoms with van der Waals surface area (Å²) < 4.78 is 90.2. The number of amides is 1. The maximum absolute atomic E-state index is 13.6. The summed E-state index contributed by atoms with van der Waals surface area (Å²) in [5.74, 6) is -4.69. The monoisotopic (exact) mass is 536 g/mol. The summed E-state index contributed by atoms with van der Waals surface area (Å²) in [6.07, 6.45) is -8.67. The van der Waals surface area contributed by atoms with Crippen LogP contribution in [0.3, 0.4) is 0 Å². The van der Waals surface area contributed by atoms with Gasteiger partial charge in [0, 0.05) is 11.5 Å². The number of rotatable bonds is 8. The Morgan fingerprint density at radius 3 is 2.46 bits per heavy atom. The minimum atomic E-state index is -4.97. The van der Waals surface area contributed by atoms with Gasteiger partial charge >= 0.3 is 18.3 Å². The van der Waals surface area contributed by atoms with Gasteiger partial charge in [0.2, 0.25) is 17.6 Å². The van der Waals surface area contributed by atoms with Crippen LogP contribution in [0.1, 0.15) is 56.5 Å². The maximum atomic E-state index is 13.6. The molecule has 3 rings (SSSR count). The zero-order valence-corrected chi connectivity index (χ0v) is 19.9. The average molecular weight is 536 g/mol. The topological polar surface area (TPSA) is 102 Å². The molecule has 37 heavy (non-hydrogen) atoms. The highest BCUT2D eigenvalue weighted by molar-refractivity contribution is 5.85. The highest BCUT2D eigenvalue weighted by Gasteiger charge is 2.40. The Morgan fingerprint density at radius 2 is 1.86 bits per heavy atom. The molecule has 1 saturated carbocycles. The van der Waals surface area contributed by atoms with E-state index in [2.05, 4.69) is 10.3 Å². The van der Waals surface area contributed by atoms with E-state index in [-0.39, 0.29) is 17.9 Å². The molecule has 3 atom stereocenters. The van der Waals surface area contributed by atoms with Gasteiger partial charge in [-0.3, -0.25) is 4.79 Å². The largest absolute Gasteiger partial charge is 0.480 e. The van der Waals surface area contributed by atoms with Gasteiger partial charge in [0.05, 0.1) is 18.3 Å². The van der Waals surface area contributed by atoms with Crippen LogP contribution < -0.4 is 5.32 Å². The molecule has 7 nitrogen and oxygen atoms in total. The highest BCUT2D eigenvalue weighted by atomic mass is 19.4. The number of oxazole rings is 1. The predicted molar refractivity (Wildman–Crippen MR) is 117 cm³/mol. The maximum Gasteiger partial charge on any atom is 0.451 e. The van der Waals surface area contributed by atoms with Crippen LogP contribution in [0.15, 0.2) is 28.7 Å². The zero-order valence-electron chi connectivity index (χ0n) is 19.9. The summed E-state index contributed by atoms with van der Waals surface area (Å²) >= 11 is 0. The number of aromatic nitrogens is 1. The molecule has 1 fully saturated rings. The van der Waals surface area contributed by atoms with E-state index in [4.69, 9.17) is 9.15 Å². The third-order valence-electron chi connectivity index (χ3n) is 6.07. The van der Waals surface area contributed by atoms with Gasteiger partial charge in [-0.15, -0.1) is 0 Å². The van der Waals surface area contributed by atoms with Gasteiger partial charge in [-0.05, 0) is 43.4 Å². The molecule has 2 N–H and O–H groups in total. The van der Waals surface area contributed by atoms with Crippen molar-refractivity contribution in [3.8, 4) is 11.5 Å². The molecule has 1 aliphatic carbocycles. The van der Waals surface area contributed by atoms with Crippen molar-refractivity contribution in [3.63, 3.8) is 0 Å². The molecule has 0 unspecified atom stereocenters. The van der Waals surface area contributed by atoms with E-state index in [0.717, 1.165) is 18.2 Å². The molecule has 1 aliphatic rings. The van der Waals surface area contributed by atoms with E-state index in [0.29, 0.717) is 25.3 Å². The number of hydrogen-bond acceptors (Lipinski definition) is 5. The number of aliphatic carboxylic acids is 1. The SMILES string of the molecule is CC(C)[C@H](NC(=O)[C@H]1CCC[C@@H](OCc2nc(-c3cccc(C(F)(F)F)c3)oc2C(F)(F)F)C1)C(=O)O. The summed E-state index contributed by atoms with van der Waals surface area (Å²) in [4.78, 5) is 27.7. The smallest absolute Gasteiger partial charge is 0.451 e. The number of nitrogens with one attached hydrogen (secondary N) is 1. The minimum Gasteiger partial charge on any atom is -0.480 e. The third kappa shape index (κ3) is 7.24. The molecular weight excluding hydrogens is 510 g/mol. The molecular formula is C24H26F6N2O5. The first-order valence-electron chi connectivity index (χ1n) is 11.6. The molecule has 1 aromatic heterocycles. The zero-order chi connectivity index (χ0) is 27.5. The van der Waals surface area contributed by atoms with Crippen molar-refractivity contribution in [3.05, 3.63) is 41.3 Å². The number of alkyl halides is 6. The van der Waals surface area contributed by atoms with Crippen molar-refractivity contribution in [2.45, 2.75) is 70.6 Å². The van der Waals surface area contributed by atoms with Gasteiger partial charge in [-0.2, -0.15) is 26.3 Å². The molecule has 0 bridgehead atoms. The van der Waals surface area contributed by atoms with Crippen molar-refractivity contribution >= 4 is 11.9 Å². The van der Waals surface area contributed by atoms with Crippen molar-refractivity contribution in [1.82, 2.24) is 10.3 Å². The van der Waals surface area contributed by atoms with Gasteiger partial charge in [-0.1, -0.05) is 26.3 Å². The number of carboxylic acids is 1. The lowest BCUT2D eigenvalue weighted by molar-refractivity contribution is -0.154. The Kier molecular flexibility index (Phi) is 8.56. The molecule has 204 valence electrons. The van der Waals surface area contributed by atoms with Crippen molar-refractivity contribution in [1.29, 1.82) is 0 Å². The summed E-state index contributed by atoms with van der Waals surface area (Å²) in [6, 6.07) is 2.52. The summed E-state index contributed by atoms with van der Waals surface area (Å²) in [7, 11) is 0. The Bertz CT molecular complexity index is 1110. The molecule has 0 spiro atoms. The number of carboxylic acid groups (broad SMARTS) is 1. The van der Waals surface area contributed by atoms with Crippen molar-refractivity contribution < 1.29 is 50.2 Å². The van der Waals surface area contributed by atoms with Crippen LogP contribution in [0.2, 0.25) is 0 Å². The highest BCUT2D eigenvalue weighted by Crippen LogP contribution is 2.38. The predicted octanol–water partition coefficient (Wildman–Crippen LogP) is 5.68. The molecule has 13 heteroatoms. The van der Waals surface area contributed by atoms with E-state index in [1.54, 1.807) is 13.8 Å².